The van der Waals surface area contributed by atoms with Crippen molar-refractivity contribution in [2.75, 3.05) is 20.3 Å². The molecule has 30 heavy (non-hydrogen) atoms. The normalized spacial score (nSPS) is 16.2. The Morgan fingerprint density at radius 3 is 2.63 bits per heavy atom. The third kappa shape index (κ3) is 5.64. The Kier molecular flexibility index (Phi) is 7.94. The Balaban J connectivity index is 1.50. The summed E-state index contributed by atoms with van der Waals surface area (Å²) in [4.78, 5) is 14.3. The zero-order valence-electron chi connectivity index (χ0n) is 17.6. The maximum absolute atomic E-state index is 12.2. The van der Waals surface area contributed by atoms with Gasteiger partial charge in [0.2, 0.25) is 0 Å². The van der Waals surface area contributed by atoms with E-state index in [4.69, 9.17) is 21.7 Å². The van der Waals surface area contributed by atoms with E-state index in [0.717, 1.165) is 29.9 Å². The Morgan fingerprint density at radius 2 is 1.90 bits per heavy atom. The highest BCUT2D eigenvalue weighted by atomic mass is 32.2. The molecule has 1 aliphatic heterocycles. The molecule has 0 saturated carbocycles. The summed E-state index contributed by atoms with van der Waals surface area (Å²) in [6.07, 6.45) is 3.72. The van der Waals surface area contributed by atoms with Gasteiger partial charge in [-0.25, -0.2) is 0 Å². The fourth-order valence-electron chi connectivity index (χ4n) is 3.06. The molecule has 2 aromatic rings. The number of rotatable bonds is 9. The first-order valence-corrected chi connectivity index (χ1v) is 11.4. The van der Waals surface area contributed by atoms with Gasteiger partial charge in [0.25, 0.3) is 5.91 Å². The molecule has 6 heteroatoms. The minimum Gasteiger partial charge on any atom is -0.493 e. The maximum Gasteiger partial charge on any atom is 0.265 e. The van der Waals surface area contributed by atoms with Crippen molar-refractivity contribution in [1.29, 1.82) is 0 Å². The maximum atomic E-state index is 12.2. The number of benzene rings is 2. The predicted octanol–water partition coefficient (Wildman–Crippen LogP) is 5.88. The van der Waals surface area contributed by atoms with E-state index in [9.17, 15) is 4.79 Å². The summed E-state index contributed by atoms with van der Waals surface area (Å²) in [7, 11) is 1.70. The summed E-state index contributed by atoms with van der Waals surface area (Å²) in [6, 6.07) is 16.0. The molecule has 2 aromatic carbocycles. The monoisotopic (exact) mass is 441 g/mol. The van der Waals surface area contributed by atoms with E-state index in [0.29, 0.717) is 28.4 Å². The lowest BCUT2D eigenvalue weighted by Gasteiger charge is -2.15. The van der Waals surface area contributed by atoms with Gasteiger partial charge in [-0.1, -0.05) is 68.2 Å². The first-order valence-electron chi connectivity index (χ1n) is 10.2. The molecule has 1 atom stereocenters. The number of hydrogen-bond donors (Lipinski definition) is 0. The zero-order valence-corrected chi connectivity index (χ0v) is 19.2. The average molecular weight is 442 g/mol. The van der Waals surface area contributed by atoms with Crippen LogP contribution in [-0.4, -0.2) is 35.4 Å². The molecule has 0 radical (unpaired) electrons. The SMILES string of the molecule is CC[C@H](C)c1ccccc1OCCCOc1cccc(/C=C2\SC(=S)N(C)C2=O)c1. The zero-order chi connectivity index (χ0) is 21.5. The van der Waals surface area contributed by atoms with Crippen LogP contribution in [0, 0.1) is 0 Å². The number of thiocarbonyl (C=S) groups is 1. The van der Waals surface area contributed by atoms with Gasteiger partial charge in [0.1, 0.15) is 15.8 Å². The molecule has 4 nitrogen and oxygen atoms in total. The van der Waals surface area contributed by atoms with E-state index in [1.165, 1.54) is 22.2 Å². The van der Waals surface area contributed by atoms with Gasteiger partial charge >= 0.3 is 0 Å². The fraction of sp³-hybridized carbons (Fsp3) is 0.333. The van der Waals surface area contributed by atoms with Crippen molar-refractivity contribution in [1.82, 2.24) is 4.90 Å². The molecule has 0 spiro atoms. The summed E-state index contributed by atoms with van der Waals surface area (Å²) in [5.41, 5.74) is 2.17. The molecule has 3 rings (SSSR count). The molecule has 158 valence electrons. The van der Waals surface area contributed by atoms with Crippen LogP contribution in [-0.2, 0) is 4.79 Å². The van der Waals surface area contributed by atoms with Crippen molar-refractivity contribution in [3.05, 3.63) is 64.6 Å². The summed E-state index contributed by atoms with van der Waals surface area (Å²) >= 11 is 6.50. The van der Waals surface area contributed by atoms with Crippen molar-refractivity contribution < 1.29 is 14.3 Å². The highest BCUT2D eigenvalue weighted by Crippen LogP contribution is 2.32. The van der Waals surface area contributed by atoms with Crippen LogP contribution in [0.4, 0.5) is 0 Å². The second-order valence-corrected chi connectivity index (χ2v) is 8.89. The van der Waals surface area contributed by atoms with Crippen molar-refractivity contribution in [2.24, 2.45) is 0 Å². The molecule has 1 fully saturated rings. The number of likely N-dealkylation sites (N-methyl/N-ethyl adjacent to an activating group) is 1. The minimum atomic E-state index is -0.0638. The Morgan fingerprint density at radius 1 is 1.13 bits per heavy atom. The highest BCUT2D eigenvalue weighted by molar-refractivity contribution is 8.26. The molecule has 0 aliphatic carbocycles. The summed E-state index contributed by atoms with van der Waals surface area (Å²) in [6.45, 7) is 5.57. The standard InChI is InChI=1S/C24H27NO3S2/c1-4-17(2)20-11-5-6-12-21(20)28-14-8-13-27-19-10-7-9-18(15-19)16-22-23(26)25(3)24(29)30-22/h5-7,9-12,15-17H,4,8,13-14H2,1-3H3/b22-16-/t17-/m0/s1. The van der Waals surface area contributed by atoms with Gasteiger partial charge in [-0.05, 0) is 47.7 Å². The number of amides is 1. The second-order valence-electron chi connectivity index (χ2n) is 7.21. The van der Waals surface area contributed by atoms with Gasteiger partial charge in [0, 0.05) is 13.5 Å². The van der Waals surface area contributed by atoms with E-state index >= 15 is 0 Å². The lowest BCUT2D eigenvalue weighted by Crippen LogP contribution is -2.22. The van der Waals surface area contributed by atoms with Crippen LogP contribution >= 0.6 is 24.0 Å². The van der Waals surface area contributed by atoms with Crippen LogP contribution in [0.3, 0.4) is 0 Å². The summed E-state index contributed by atoms with van der Waals surface area (Å²) < 4.78 is 12.5. The van der Waals surface area contributed by atoms with Crippen LogP contribution in [0.2, 0.25) is 0 Å². The quantitative estimate of drug-likeness (QED) is 0.276. The lowest BCUT2D eigenvalue weighted by molar-refractivity contribution is -0.121. The topological polar surface area (TPSA) is 38.8 Å². The number of thioether (sulfide) groups is 1. The smallest absolute Gasteiger partial charge is 0.265 e. The van der Waals surface area contributed by atoms with Gasteiger partial charge < -0.3 is 9.47 Å². The first kappa shape index (κ1) is 22.4. The molecular weight excluding hydrogens is 414 g/mol. The van der Waals surface area contributed by atoms with E-state index in [1.54, 1.807) is 7.05 Å². The average Bonchev–Trinajstić information content (AvgIpc) is 3.00. The van der Waals surface area contributed by atoms with Crippen LogP contribution in [0.5, 0.6) is 11.5 Å². The first-order chi connectivity index (χ1) is 14.5. The van der Waals surface area contributed by atoms with Crippen molar-refractivity contribution >= 4 is 40.3 Å². The molecule has 0 N–H and O–H groups in total. The van der Waals surface area contributed by atoms with Crippen LogP contribution in [0.25, 0.3) is 6.08 Å². The number of carbonyl (C=O) groups excluding carboxylic acids is 1. The van der Waals surface area contributed by atoms with E-state index in [2.05, 4.69) is 26.0 Å². The lowest BCUT2D eigenvalue weighted by atomic mass is 9.98. The molecule has 1 amide bonds. The third-order valence-corrected chi connectivity index (χ3v) is 6.50. The number of para-hydroxylation sites is 1. The number of carbonyl (C=O) groups is 1. The predicted molar refractivity (Wildman–Crippen MR) is 128 cm³/mol. The van der Waals surface area contributed by atoms with Gasteiger partial charge in [0.15, 0.2) is 0 Å². The van der Waals surface area contributed by atoms with E-state index in [-0.39, 0.29) is 5.91 Å². The van der Waals surface area contributed by atoms with E-state index in [1.807, 2.05) is 42.5 Å². The molecule has 0 unspecified atom stereocenters. The molecule has 1 saturated heterocycles. The van der Waals surface area contributed by atoms with Crippen molar-refractivity contribution in [3.8, 4) is 11.5 Å². The minimum absolute atomic E-state index is 0.0638. The van der Waals surface area contributed by atoms with Crippen molar-refractivity contribution in [2.45, 2.75) is 32.6 Å². The Bertz CT molecular complexity index is 942. The second kappa shape index (κ2) is 10.6. The largest absolute Gasteiger partial charge is 0.493 e. The van der Waals surface area contributed by atoms with Crippen LogP contribution in [0.1, 0.15) is 43.7 Å². The third-order valence-electron chi connectivity index (χ3n) is 5.02. The highest BCUT2D eigenvalue weighted by Gasteiger charge is 2.28. The molecule has 1 heterocycles. The van der Waals surface area contributed by atoms with Crippen molar-refractivity contribution in [3.63, 3.8) is 0 Å². The van der Waals surface area contributed by atoms with Gasteiger partial charge in [-0.2, -0.15) is 0 Å². The number of ether oxygens (including phenoxy) is 2. The van der Waals surface area contributed by atoms with Crippen LogP contribution in [0.15, 0.2) is 53.4 Å². The van der Waals surface area contributed by atoms with Gasteiger partial charge in [0.05, 0.1) is 18.1 Å². The Labute approximate surface area is 188 Å². The summed E-state index contributed by atoms with van der Waals surface area (Å²) in [5, 5.41) is 0. The van der Waals surface area contributed by atoms with Gasteiger partial charge in [-0.15, -0.1) is 0 Å². The molecular formula is C24H27NO3S2. The molecule has 0 bridgehead atoms. The number of hydrogen-bond acceptors (Lipinski definition) is 5. The fourth-order valence-corrected chi connectivity index (χ4v) is 4.24. The van der Waals surface area contributed by atoms with E-state index < -0.39 is 0 Å². The molecule has 0 aromatic heterocycles. The van der Waals surface area contributed by atoms with Gasteiger partial charge in [-0.3, -0.25) is 9.69 Å². The summed E-state index contributed by atoms with van der Waals surface area (Å²) in [5.74, 6) is 2.15. The Hall–Kier alpha value is -2.31. The van der Waals surface area contributed by atoms with Crippen LogP contribution < -0.4 is 9.47 Å². The number of nitrogens with zero attached hydrogens (tertiary/aromatic N) is 1. The molecule has 1 aliphatic rings.